The van der Waals surface area contributed by atoms with Crippen LogP contribution in [0.3, 0.4) is 0 Å². The monoisotopic (exact) mass is 418 g/mol. The highest BCUT2D eigenvalue weighted by Gasteiger charge is 2.21. The maximum Gasteiger partial charge on any atom is 0.250 e. The zero-order valence-electron chi connectivity index (χ0n) is 16.5. The smallest absolute Gasteiger partial charge is 0.250 e. The van der Waals surface area contributed by atoms with Gasteiger partial charge < -0.3 is 15.8 Å². The first-order chi connectivity index (χ1) is 15.1. The summed E-state index contributed by atoms with van der Waals surface area (Å²) in [6.45, 7) is 1.36. The summed E-state index contributed by atoms with van der Waals surface area (Å²) in [5, 5.41) is 3.31. The number of amides is 1. The number of carbonyl (C=O) groups excluding carboxylic acids is 1. The van der Waals surface area contributed by atoms with E-state index in [-0.39, 0.29) is 5.82 Å². The molecule has 3 aromatic heterocycles. The van der Waals surface area contributed by atoms with Crippen molar-refractivity contribution in [2.45, 2.75) is 19.6 Å². The van der Waals surface area contributed by atoms with Gasteiger partial charge in [0.25, 0.3) is 5.91 Å². The van der Waals surface area contributed by atoms with Crippen LogP contribution in [0.4, 0.5) is 10.2 Å². The molecule has 156 valence electrons. The molecule has 0 saturated carbocycles. The number of halogens is 1. The van der Waals surface area contributed by atoms with E-state index in [4.69, 9.17) is 15.5 Å². The Kier molecular flexibility index (Phi) is 4.79. The van der Waals surface area contributed by atoms with Crippen molar-refractivity contribution in [2.75, 3.05) is 11.9 Å². The Morgan fingerprint density at radius 2 is 2.16 bits per heavy atom. The molecule has 1 aliphatic heterocycles. The van der Waals surface area contributed by atoms with Crippen LogP contribution in [0.2, 0.25) is 0 Å². The van der Waals surface area contributed by atoms with Crippen LogP contribution in [0.25, 0.3) is 17.2 Å². The van der Waals surface area contributed by atoms with E-state index in [9.17, 15) is 9.18 Å². The zero-order chi connectivity index (χ0) is 21.4. The summed E-state index contributed by atoms with van der Waals surface area (Å²) in [4.78, 5) is 25.6. The summed E-state index contributed by atoms with van der Waals surface area (Å²) in [6, 6.07) is 9.79. The molecule has 9 heteroatoms. The third kappa shape index (κ3) is 3.59. The molecule has 0 bridgehead atoms. The Hall–Kier alpha value is -3.85. The number of anilines is 1. The van der Waals surface area contributed by atoms with Gasteiger partial charge in [0.15, 0.2) is 11.6 Å². The highest BCUT2D eigenvalue weighted by Crippen LogP contribution is 2.27. The van der Waals surface area contributed by atoms with Crippen molar-refractivity contribution < 1.29 is 13.9 Å². The minimum atomic E-state index is -0.533. The molecule has 0 spiro atoms. The number of pyridine rings is 1. The summed E-state index contributed by atoms with van der Waals surface area (Å²) >= 11 is 0. The largest absolute Gasteiger partial charge is 0.375 e. The van der Waals surface area contributed by atoms with Gasteiger partial charge in [0.1, 0.15) is 11.6 Å². The molecule has 3 N–H and O–H groups in total. The second kappa shape index (κ2) is 7.77. The molecule has 8 nitrogen and oxygen atoms in total. The maximum atomic E-state index is 13.5. The summed E-state index contributed by atoms with van der Waals surface area (Å²) < 4.78 is 20.9. The molecule has 0 unspecified atom stereocenters. The predicted molar refractivity (Wildman–Crippen MR) is 112 cm³/mol. The van der Waals surface area contributed by atoms with Crippen LogP contribution in [0.5, 0.6) is 0 Å². The summed E-state index contributed by atoms with van der Waals surface area (Å²) in [5.41, 5.74) is 8.99. The second-order valence-corrected chi connectivity index (χ2v) is 7.23. The van der Waals surface area contributed by atoms with Gasteiger partial charge in [-0.2, -0.15) is 0 Å². The predicted octanol–water partition coefficient (Wildman–Crippen LogP) is 2.71. The lowest BCUT2D eigenvalue weighted by Gasteiger charge is -2.20. The molecule has 0 aliphatic carbocycles. The number of carbonyl (C=O) groups is 1. The van der Waals surface area contributed by atoms with E-state index < -0.39 is 5.91 Å². The molecule has 1 aromatic carbocycles. The molecule has 1 amide bonds. The number of rotatable bonds is 5. The average Bonchev–Trinajstić information content (AvgIpc) is 3.21. The first kappa shape index (κ1) is 19.1. The minimum Gasteiger partial charge on any atom is -0.375 e. The van der Waals surface area contributed by atoms with Crippen LogP contribution < -0.4 is 11.1 Å². The summed E-state index contributed by atoms with van der Waals surface area (Å²) in [5.74, 6) is 0.727. The van der Waals surface area contributed by atoms with Gasteiger partial charge in [-0.3, -0.25) is 9.20 Å². The number of primary amides is 1. The van der Waals surface area contributed by atoms with Crippen molar-refractivity contribution >= 4 is 17.2 Å². The van der Waals surface area contributed by atoms with Crippen molar-refractivity contribution in [1.29, 1.82) is 0 Å². The zero-order valence-corrected chi connectivity index (χ0v) is 16.5. The quantitative estimate of drug-likeness (QED) is 0.516. The number of nitrogens with zero attached hydrogens (tertiary/aromatic N) is 4. The molecule has 31 heavy (non-hydrogen) atoms. The number of hydrogen-bond donors (Lipinski definition) is 2. The van der Waals surface area contributed by atoms with Crippen molar-refractivity contribution in [3.05, 3.63) is 77.0 Å². The van der Waals surface area contributed by atoms with Crippen LogP contribution in [0.1, 0.15) is 27.2 Å². The molecule has 5 rings (SSSR count). The normalized spacial score (nSPS) is 13.2. The first-order valence-electron chi connectivity index (χ1n) is 9.82. The highest BCUT2D eigenvalue weighted by atomic mass is 19.1. The molecule has 0 fully saturated rings. The van der Waals surface area contributed by atoms with E-state index >= 15 is 0 Å². The first-order valence-corrected chi connectivity index (χ1v) is 9.82. The fraction of sp³-hybridized carbons (Fsp3) is 0.182. The molecule has 1 aliphatic rings. The Bertz CT molecular complexity index is 1300. The van der Waals surface area contributed by atoms with E-state index in [1.165, 1.54) is 12.1 Å². The molecule has 4 heterocycles. The molecule has 0 atom stereocenters. The van der Waals surface area contributed by atoms with Crippen molar-refractivity contribution in [2.24, 2.45) is 5.73 Å². The second-order valence-electron chi connectivity index (χ2n) is 7.23. The van der Waals surface area contributed by atoms with Crippen molar-refractivity contribution in [3.63, 3.8) is 0 Å². The lowest BCUT2D eigenvalue weighted by Crippen LogP contribution is -2.17. The van der Waals surface area contributed by atoms with Gasteiger partial charge in [0.05, 0.1) is 36.2 Å². The number of benzene rings is 1. The van der Waals surface area contributed by atoms with Crippen LogP contribution in [0, 0.1) is 5.82 Å². The molecule has 0 saturated heterocycles. The molecule has 0 radical (unpaired) electrons. The minimum absolute atomic E-state index is 0.285. The van der Waals surface area contributed by atoms with Gasteiger partial charge in [-0.1, -0.05) is 12.1 Å². The summed E-state index contributed by atoms with van der Waals surface area (Å²) in [7, 11) is 0. The van der Waals surface area contributed by atoms with E-state index in [1.807, 2.05) is 6.07 Å². The van der Waals surface area contributed by atoms with Crippen LogP contribution in [0.15, 0.2) is 48.8 Å². The lowest BCUT2D eigenvalue weighted by molar-refractivity contribution is 0.100. The van der Waals surface area contributed by atoms with Crippen LogP contribution in [-0.4, -0.2) is 31.9 Å². The van der Waals surface area contributed by atoms with E-state index in [0.29, 0.717) is 54.7 Å². The average molecular weight is 418 g/mol. The fourth-order valence-electron chi connectivity index (χ4n) is 3.73. The Labute approximate surface area is 176 Å². The Balaban J connectivity index is 1.57. The lowest BCUT2D eigenvalue weighted by atomic mass is 10.1. The number of fused-ring (bicyclic) bond motifs is 2. The third-order valence-electron chi connectivity index (χ3n) is 5.21. The van der Waals surface area contributed by atoms with Gasteiger partial charge in [-0.15, -0.1) is 0 Å². The van der Waals surface area contributed by atoms with Gasteiger partial charge in [-0.25, -0.2) is 19.3 Å². The van der Waals surface area contributed by atoms with Crippen molar-refractivity contribution in [3.8, 4) is 11.6 Å². The fourth-order valence-corrected chi connectivity index (χ4v) is 3.73. The van der Waals surface area contributed by atoms with Gasteiger partial charge in [0.2, 0.25) is 0 Å². The Morgan fingerprint density at radius 3 is 3.00 bits per heavy atom. The van der Waals surface area contributed by atoms with E-state index in [0.717, 1.165) is 16.8 Å². The van der Waals surface area contributed by atoms with Crippen molar-refractivity contribution in [1.82, 2.24) is 19.4 Å². The summed E-state index contributed by atoms with van der Waals surface area (Å²) in [6.07, 6.45) is 4.03. The number of aromatic nitrogens is 4. The van der Waals surface area contributed by atoms with Gasteiger partial charge >= 0.3 is 0 Å². The van der Waals surface area contributed by atoms with Crippen LogP contribution in [-0.2, 0) is 24.3 Å². The number of imidazole rings is 1. The molecular formula is C22H19FN6O2. The number of hydrogen-bond acceptors (Lipinski definition) is 6. The van der Waals surface area contributed by atoms with Gasteiger partial charge in [0, 0.05) is 24.7 Å². The topological polar surface area (TPSA) is 107 Å². The number of nitrogens with one attached hydrogen (secondary N) is 1. The number of ether oxygens (including phenoxy) is 1. The Morgan fingerprint density at radius 1 is 1.26 bits per heavy atom. The van der Waals surface area contributed by atoms with Crippen LogP contribution >= 0.6 is 0 Å². The van der Waals surface area contributed by atoms with Gasteiger partial charge in [-0.05, 0) is 29.8 Å². The molecular weight excluding hydrogens is 399 g/mol. The maximum absolute atomic E-state index is 13.5. The molecule has 4 aromatic rings. The number of nitrogens with two attached hydrogens (primary N) is 1. The standard InChI is InChI=1S/C22H19FN6O2/c23-14-4-1-3-13(9-14)10-25-20-15-6-8-31-12-17(15)27-21(28-20)22-26-11-18-16(19(24)30)5-2-7-29(18)22/h1-5,7,9,11H,6,8,10,12H2,(H2,24,30)(H,25,27,28). The SMILES string of the molecule is NC(=O)c1cccn2c(-c3nc4c(c(NCc5cccc(F)c5)n3)CCOC4)ncc12. The highest BCUT2D eigenvalue weighted by molar-refractivity contribution is 5.99. The third-order valence-corrected chi connectivity index (χ3v) is 5.21. The van der Waals surface area contributed by atoms with E-state index in [1.54, 1.807) is 35.0 Å². The van der Waals surface area contributed by atoms with E-state index in [2.05, 4.69) is 15.3 Å².